The van der Waals surface area contributed by atoms with Crippen molar-refractivity contribution in [2.75, 3.05) is 0 Å². The van der Waals surface area contributed by atoms with Gasteiger partial charge in [-0.3, -0.25) is 4.79 Å². The molecule has 14 heteroatoms. The summed E-state index contributed by atoms with van der Waals surface area (Å²) in [7, 11) is 0. The highest BCUT2D eigenvalue weighted by Gasteiger charge is 2.43. The molecule has 0 bridgehead atoms. The molecule has 38 heavy (non-hydrogen) atoms. The van der Waals surface area contributed by atoms with Crippen LogP contribution in [0, 0.1) is 65.1 Å². The minimum Gasteiger partial charge on any atom is -0.359 e. The zero-order chi connectivity index (χ0) is 29.0. The molecule has 0 unspecified atom stereocenters. The van der Waals surface area contributed by atoms with Crippen molar-refractivity contribution in [2.45, 2.75) is 52.6 Å². The van der Waals surface area contributed by atoms with Crippen LogP contribution in [0.25, 0.3) is 0 Å². The molecule has 0 aliphatic rings. The molecule has 0 aliphatic carbocycles. The fourth-order valence-corrected chi connectivity index (χ4v) is 4.20. The van der Waals surface area contributed by atoms with Crippen LogP contribution < -0.4 is 0 Å². The molecule has 0 radical (unpaired) electrons. The molecule has 3 rings (SSSR count). The summed E-state index contributed by atoms with van der Waals surface area (Å²) < 4.78 is 149. The third-order valence-corrected chi connectivity index (χ3v) is 5.78. The van der Waals surface area contributed by atoms with Crippen LogP contribution in [0.1, 0.15) is 66.6 Å². The highest BCUT2D eigenvalue weighted by Crippen LogP contribution is 2.43. The maximum atomic E-state index is 14.9. The molecular formula is C24H18F10N2O2. The minimum absolute atomic E-state index is 0.367. The van der Waals surface area contributed by atoms with Crippen LogP contribution in [0.5, 0.6) is 0 Å². The number of nitrogens with zero attached hydrogens (tertiary/aromatic N) is 2. The Balaban J connectivity index is 2.55. The summed E-state index contributed by atoms with van der Waals surface area (Å²) in [5.41, 5.74) is -5.18. The molecule has 1 amide bonds. The minimum atomic E-state index is -3.04. The van der Waals surface area contributed by atoms with Gasteiger partial charge in [0.2, 0.25) is 11.6 Å². The van der Waals surface area contributed by atoms with Gasteiger partial charge >= 0.3 is 0 Å². The van der Waals surface area contributed by atoms with Gasteiger partial charge in [0.1, 0.15) is 5.56 Å². The number of halogens is 10. The number of rotatable bonds is 6. The third-order valence-electron chi connectivity index (χ3n) is 5.78. The predicted molar refractivity (Wildman–Crippen MR) is 111 cm³/mol. The van der Waals surface area contributed by atoms with Crippen molar-refractivity contribution in [3.05, 3.63) is 86.3 Å². The molecule has 2 aromatic carbocycles. The van der Waals surface area contributed by atoms with Crippen molar-refractivity contribution in [3.63, 3.8) is 0 Å². The van der Waals surface area contributed by atoms with Crippen LogP contribution >= 0.6 is 0 Å². The Bertz CT molecular complexity index is 1300. The van der Waals surface area contributed by atoms with Crippen molar-refractivity contribution in [2.24, 2.45) is 0 Å². The maximum Gasteiger partial charge on any atom is 0.259 e. The van der Waals surface area contributed by atoms with Crippen molar-refractivity contribution < 1.29 is 53.2 Å². The van der Waals surface area contributed by atoms with E-state index in [1.165, 1.54) is 0 Å². The van der Waals surface area contributed by atoms with E-state index in [-0.39, 0.29) is 5.69 Å². The molecule has 0 saturated heterocycles. The van der Waals surface area contributed by atoms with Crippen LogP contribution in [-0.2, 0) is 0 Å². The number of hydrogen-bond acceptors (Lipinski definition) is 3. The Hall–Kier alpha value is -3.58. The van der Waals surface area contributed by atoms with Gasteiger partial charge in [-0.25, -0.2) is 43.9 Å². The molecule has 0 atom stereocenters. The van der Waals surface area contributed by atoms with E-state index in [9.17, 15) is 48.7 Å². The summed E-state index contributed by atoms with van der Waals surface area (Å²) in [6.07, 6.45) is 0. The van der Waals surface area contributed by atoms with Crippen molar-refractivity contribution >= 4 is 5.91 Å². The van der Waals surface area contributed by atoms with E-state index in [1.807, 2.05) is 0 Å². The first-order valence-electron chi connectivity index (χ1n) is 10.9. The Morgan fingerprint density at radius 2 is 0.947 bits per heavy atom. The molecule has 4 nitrogen and oxygen atoms in total. The van der Waals surface area contributed by atoms with Gasteiger partial charge in [0.05, 0.1) is 11.6 Å². The lowest BCUT2D eigenvalue weighted by atomic mass is 9.84. The summed E-state index contributed by atoms with van der Waals surface area (Å²) >= 11 is 0. The lowest BCUT2D eigenvalue weighted by Crippen LogP contribution is -2.42. The first kappa shape index (κ1) is 29.0. The number of hydrogen-bond donors (Lipinski definition) is 0. The summed E-state index contributed by atoms with van der Waals surface area (Å²) in [6, 6.07) is -1.15. The molecule has 0 N–H and O–H groups in total. The number of carbonyl (C=O) groups is 1. The molecule has 1 heterocycles. The molecule has 0 spiro atoms. The molecule has 1 aromatic heterocycles. The average molecular weight is 556 g/mol. The smallest absolute Gasteiger partial charge is 0.259 e. The summed E-state index contributed by atoms with van der Waals surface area (Å²) in [6.45, 7) is 7.29. The van der Waals surface area contributed by atoms with E-state index < -0.39 is 105 Å². The molecule has 0 fully saturated rings. The van der Waals surface area contributed by atoms with Gasteiger partial charge in [-0.05, 0) is 34.6 Å². The first-order chi connectivity index (χ1) is 17.6. The van der Waals surface area contributed by atoms with Crippen molar-refractivity contribution in [1.29, 1.82) is 0 Å². The predicted octanol–water partition coefficient (Wildman–Crippen LogP) is 6.81. The maximum absolute atomic E-state index is 14.9. The van der Waals surface area contributed by atoms with Gasteiger partial charge in [0.25, 0.3) is 5.91 Å². The van der Waals surface area contributed by atoms with E-state index in [2.05, 4.69) is 5.16 Å². The Kier molecular flexibility index (Phi) is 7.85. The number of carbonyl (C=O) groups excluding carboxylic acids is 1. The van der Waals surface area contributed by atoms with Gasteiger partial charge in [-0.2, -0.15) is 0 Å². The molecular weight excluding hydrogens is 538 g/mol. The van der Waals surface area contributed by atoms with Gasteiger partial charge in [-0.15, -0.1) is 0 Å². The van der Waals surface area contributed by atoms with E-state index in [4.69, 9.17) is 4.52 Å². The highest BCUT2D eigenvalue weighted by atomic mass is 19.2. The van der Waals surface area contributed by atoms with E-state index in [0.717, 1.165) is 11.8 Å². The topological polar surface area (TPSA) is 46.3 Å². The van der Waals surface area contributed by atoms with Gasteiger partial charge in [0.15, 0.2) is 52.3 Å². The number of amides is 1. The lowest BCUT2D eigenvalue weighted by molar-refractivity contribution is 0.0640. The van der Waals surface area contributed by atoms with E-state index >= 15 is 0 Å². The fraction of sp³-hybridized carbons (Fsp3) is 0.333. The Morgan fingerprint density at radius 1 is 0.632 bits per heavy atom. The van der Waals surface area contributed by atoms with Crippen LogP contribution in [-0.4, -0.2) is 28.0 Å². The SMILES string of the molecule is Cc1noc(C(c2c(F)c(F)c(F)c(F)c2F)c2c(F)c(F)c(F)c(F)c2F)c1C(=O)N(C(C)C)C(C)C. The molecule has 0 aliphatic heterocycles. The van der Waals surface area contributed by atoms with Crippen LogP contribution in [0.2, 0.25) is 0 Å². The monoisotopic (exact) mass is 556 g/mol. The quantitative estimate of drug-likeness (QED) is 0.190. The van der Waals surface area contributed by atoms with Crippen LogP contribution in [0.15, 0.2) is 4.52 Å². The third kappa shape index (κ3) is 4.39. The lowest BCUT2D eigenvalue weighted by Gasteiger charge is -2.31. The van der Waals surface area contributed by atoms with Gasteiger partial charge < -0.3 is 9.42 Å². The van der Waals surface area contributed by atoms with Gasteiger partial charge in [0, 0.05) is 23.2 Å². The normalized spacial score (nSPS) is 11.8. The molecule has 206 valence electrons. The van der Waals surface area contributed by atoms with E-state index in [1.54, 1.807) is 27.7 Å². The fourth-order valence-electron chi connectivity index (χ4n) is 4.20. The largest absolute Gasteiger partial charge is 0.359 e. The number of benzene rings is 2. The standard InChI is InChI=1S/C24H18F10N2O2/c1-6(2)36(7(3)4)24(37)9-8(5)35-38-23(9)10(11-13(25)17(29)21(33)18(30)14(11)26)12-15(27)19(31)22(34)20(32)16(12)28/h6-7,10H,1-5H3. The summed E-state index contributed by atoms with van der Waals surface area (Å²) in [5, 5.41) is 3.42. The molecule has 0 saturated carbocycles. The Morgan fingerprint density at radius 3 is 1.26 bits per heavy atom. The van der Waals surface area contributed by atoms with Crippen molar-refractivity contribution in [1.82, 2.24) is 10.1 Å². The molecule has 3 aromatic rings. The van der Waals surface area contributed by atoms with E-state index in [0.29, 0.717) is 0 Å². The number of aromatic nitrogens is 1. The zero-order valence-electron chi connectivity index (χ0n) is 20.2. The second-order valence-corrected chi connectivity index (χ2v) is 8.81. The second-order valence-electron chi connectivity index (χ2n) is 8.81. The Labute approximate surface area is 208 Å². The first-order valence-corrected chi connectivity index (χ1v) is 10.9. The second kappa shape index (κ2) is 10.3. The average Bonchev–Trinajstić information content (AvgIpc) is 3.23. The summed E-state index contributed by atoms with van der Waals surface area (Å²) in [5.74, 6) is -31.6. The van der Waals surface area contributed by atoms with Crippen LogP contribution in [0.4, 0.5) is 43.9 Å². The van der Waals surface area contributed by atoms with Crippen LogP contribution in [0.3, 0.4) is 0 Å². The van der Waals surface area contributed by atoms with Crippen molar-refractivity contribution in [3.8, 4) is 0 Å². The zero-order valence-corrected chi connectivity index (χ0v) is 20.2. The van der Waals surface area contributed by atoms with Gasteiger partial charge in [-0.1, -0.05) is 5.16 Å². The highest BCUT2D eigenvalue weighted by molar-refractivity contribution is 5.97. The number of aryl methyl sites for hydroxylation is 1. The summed E-state index contributed by atoms with van der Waals surface area (Å²) in [4.78, 5) is 14.6.